The molecule has 2 bridgehead atoms. The van der Waals surface area contributed by atoms with Gasteiger partial charge in [-0.3, -0.25) is 9.87 Å². The second kappa shape index (κ2) is 7.81. The van der Waals surface area contributed by atoms with Crippen LogP contribution in [-0.2, 0) is 19.4 Å². The van der Waals surface area contributed by atoms with Gasteiger partial charge in [-0.1, -0.05) is 5.10 Å². The van der Waals surface area contributed by atoms with Crippen LogP contribution in [0.4, 0.5) is 15.6 Å². The van der Waals surface area contributed by atoms with E-state index in [2.05, 4.69) is 24.8 Å². The molecule has 2 aliphatic rings. The number of nitrogens with one attached hydrogen (secondary N) is 1. The van der Waals surface area contributed by atoms with Gasteiger partial charge in [-0.2, -0.15) is 18.5 Å². The fourth-order valence-corrected chi connectivity index (χ4v) is 3.50. The van der Waals surface area contributed by atoms with Gasteiger partial charge < -0.3 is 14.1 Å². The predicted octanol–water partition coefficient (Wildman–Crippen LogP) is 1.51. The molecule has 3 amide bonds. The molecular formula is C15H22N6O8S. The third-order valence-electron chi connectivity index (χ3n) is 4.16. The maximum Gasteiger partial charge on any atom is 0.435 e. The molecule has 0 saturated carbocycles. The number of fused-ring (bicyclic) bond motifs is 2. The fourth-order valence-electron chi connectivity index (χ4n) is 3.11. The lowest BCUT2D eigenvalue weighted by Crippen LogP contribution is -2.35. The van der Waals surface area contributed by atoms with Gasteiger partial charge in [0.25, 0.3) is 0 Å². The summed E-state index contributed by atoms with van der Waals surface area (Å²) in [7, 11) is -4.83. The van der Waals surface area contributed by atoms with Gasteiger partial charge in [0.05, 0.1) is 6.04 Å². The van der Waals surface area contributed by atoms with E-state index >= 15 is 0 Å². The van der Waals surface area contributed by atoms with Crippen molar-refractivity contribution in [2.75, 3.05) is 11.9 Å². The first-order valence-electron chi connectivity index (χ1n) is 8.98. The Hall–Kier alpha value is -2.78. The van der Waals surface area contributed by atoms with E-state index in [1.807, 2.05) is 0 Å². The summed E-state index contributed by atoms with van der Waals surface area (Å²) in [5.74, 6) is 0.274. The topological polar surface area (TPSA) is 177 Å². The van der Waals surface area contributed by atoms with Crippen molar-refractivity contribution < 1.29 is 36.0 Å². The van der Waals surface area contributed by atoms with Crippen molar-refractivity contribution in [3.63, 3.8) is 0 Å². The minimum absolute atomic E-state index is 0.0466. The number of rotatable bonds is 4. The van der Waals surface area contributed by atoms with E-state index in [9.17, 15) is 18.0 Å². The molecule has 2 fully saturated rings. The molecule has 3 heterocycles. The van der Waals surface area contributed by atoms with Gasteiger partial charge in [0.1, 0.15) is 17.5 Å². The highest BCUT2D eigenvalue weighted by molar-refractivity contribution is 7.80. The normalized spacial score (nSPS) is 22.4. The zero-order chi connectivity index (χ0) is 22.3. The number of anilines is 1. The number of aliphatic imine (C=N–C) groups is 1. The number of carbonyl (C=O) groups excluding carboxylic acids is 2. The second-order valence-electron chi connectivity index (χ2n) is 7.76. The Morgan fingerprint density at radius 3 is 2.67 bits per heavy atom. The van der Waals surface area contributed by atoms with E-state index in [1.165, 1.54) is 11.8 Å². The molecule has 2 atom stereocenters. The highest BCUT2D eigenvalue weighted by atomic mass is 32.3. The van der Waals surface area contributed by atoms with Crippen molar-refractivity contribution in [3.05, 3.63) is 5.89 Å². The molecule has 0 unspecified atom stereocenters. The summed E-state index contributed by atoms with van der Waals surface area (Å²) in [4.78, 5) is 29.2. The average molecular weight is 446 g/mol. The number of piperidine rings is 1. The molecule has 3 rings (SSSR count). The van der Waals surface area contributed by atoms with Crippen LogP contribution < -0.4 is 5.32 Å². The number of hydrogen-bond acceptors (Lipinski definition) is 9. The number of hydrogen-bond donors (Lipinski definition) is 2. The van der Waals surface area contributed by atoms with Gasteiger partial charge >= 0.3 is 28.5 Å². The molecule has 15 heteroatoms. The number of amides is 3. The van der Waals surface area contributed by atoms with Gasteiger partial charge in [0.2, 0.25) is 5.89 Å². The number of amidine groups is 1. The average Bonchev–Trinajstić information content (AvgIpc) is 3.11. The third-order valence-corrected chi connectivity index (χ3v) is 4.51. The van der Waals surface area contributed by atoms with E-state index in [4.69, 9.17) is 13.7 Å². The number of carbonyl (C=O) groups is 2. The van der Waals surface area contributed by atoms with Crippen LogP contribution in [0, 0.1) is 0 Å². The Balaban J connectivity index is 1.67. The molecule has 0 aliphatic carbocycles. The Morgan fingerprint density at radius 2 is 2.03 bits per heavy atom. The lowest BCUT2D eigenvalue weighted by molar-refractivity contribution is -0.0317. The summed E-state index contributed by atoms with van der Waals surface area (Å²) in [5, 5.41) is 11.0. The number of urea groups is 1. The molecule has 166 valence electrons. The standard InChI is InChI=1S/C15H22N6O8S/c1-8(17-13(22)28-15(2,3)4)16-12-19-18-11(27-12)10-6-5-9-7-20(10)14(23)21(9)29-30(24,25)26/h9-10H,5-7H2,1-4H3,(H,24,25,26)(H,16,17,19,22)/t9-,10+/m1/s1. The molecule has 2 aliphatic heterocycles. The van der Waals surface area contributed by atoms with E-state index in [0.29, 0.717) is 17.9 Å². The Bertz CT molecular complexity index is 968. The van der Waals surface area contributed by atoms with E-state index < -0.39 is 40.2 Å². The van der Waals surface area contributed by atoms with Gasteiger partial charge in [-0.05, 0) is 40.5 Å². The van der Waals surface area contributed by atoms with Gasteiger partial charge in [0, 0.05) is 6.54 Å². The van der Waals surface area contributed by atoms with Crippen molar-refractivity contribution in [3.8, 4) is 0 Å². The predicted molar refractivity (Wildman–Crippen MR) is 99.6 cm³/mol. The number of hydroxylamine groups is 2. The maximum absolute atomic E-state index is 12.4. The SMILES string of the molecule is C/C(=N\C(=O)OC(C)(C)C)Nc1nnc([C@@H]2CC[C@@H]3CN2C(=O)N3OS(=O)(=O)O)o1. The minimum atomic E-state index is -4.83. The molecule has 2 N–H and O–H groups in total. The first-order valence-corrected chi connectivity index (χ1v) is 10.3. The summed E-state index contributed by atoms with van der Waals surface area (Å²) < 4.78 is 45.7. The van der Waals surface area contributed by atoms with Crippen molar-refractivity contribution in [1.29, 1.82) is 0 Å². The molecule has 30 heavy (non-hydrogen) atoms. The first kappa shape index (κ1) is 21.9. The lowest BCUT2D eigenvalue weighted by atomic mass is 10.0. The summed E-state index contributed by atoms with van der Waals surface area (Å²) in [6, 6.07) is -1.92. The Kier molecular flexibility index (Phi) is 5.70. The van der Waals surface area contributed by atoms with Crippen molar-refractivity contribution in [2.24, 2.45) is 4.99 Å². The zero-order valence-corrected chi connectivity index (χ0v) is 17.5. The fraction of sp³-hybridized carbons (Fsp3) is 0.667. The van der Waals surface area contributed by atoms with Gasteiger partial charge in [-0.25, -0.2) is 9.59 Å². The molecule has 0 radical (unpaired) electrons. The number of ether oxygens (including phenoxy) is 1. The van der Waals surface area contributed by atoms with Crippen LogP contribution in [0.3, 0.4) is 0 Å². The van der Waals surface area contributed by atoms with Crippen LogP contribution in [0.5, 0.6) is 0 Å². The van der Waals surface area contributed by atoms with Crippen LogP contribution >= 0.6 is 0 Å². The molecule has 0 spiro atoms. The number of nitrogens with zero attached hydrogens (tertiary/aromatic N) is 5. The monoisotopic (exact) mass is 446 g/mol. The quantitative estimate of drug-likeness (QED) is 0.389. The lowest BCUT2D eigenvalue weighted by Gasteiger charge is -2.27. The largest absolute Gasteiger partial charge is 0.442 e. The molecule has 0 aromatic carbocycles. The van der Waals surface area contributed by atoms with E-state index in [-0.39, 0.29) is 24.3 Å². The molecule has 1 aromatic rings. The van der Waals surface area contributed by atoms with Crippen LogP contribution in [0.25, 0.3) is 0 Å². The smallest absolute Gasteiger partial charge is 0.435 e. The molecule has 1 aromatic heterocycles. The summed E-state index contributed by atoms with van der Waals surface area (Å²) in [5.41, 5.74) is -0.688. The van der Waals surface area contributed by atoms with Gasteiger partial charge in [-0.15, -0.1) is 9.38 Å². The van der Waals surface area contributed by atoms with E-state index in [1.54, 1.807) is 20.8 Å². The van der Waals surface area contributed by atoms with Crippen LogP contribution in [0.15, 0.2) is 9.41 Å². The zero-order valence-electron chi connectivity index (χ0n) is 16.7. The first-order chi connectivity index (χ1) is 13.8. The Labute approximate surface area is 172 Å². The Morgan fingerprint density at radius 1 is 1.33 bits per heavy atom. The van der Waals surface area contributed by atoms with Crippen molar-refractivity contribution in [2.45, 2.75) is 58.2 Å². The third kappa shape index (κ3) is 5.22. The summed E-state index contributed by atoms with van der Waals surface area (Å²) in [6.45, 7) is 6.81. The molecule has 2 saturated heterocycles. The summed E-state index contributed by atoms with van der Waals surface area (Å²) in [6.07, 6.45) is 0.0216. The van der Waals surface area contributed by atoms with Gasteiger partial charge in [0.15, 0.2) is 0 Å². The highest BCUT2D eigenvalue weighted by Crippen LogP contribution is 2.38. The minimum Gasteiger partial charge on any atom is -0.442 e. The molecular weight excluding hydrogens is 424 g/mol. The van der Waals surface area contributed by atoms with E-state index in [0.717, 1.165) is 0 Å². The highest BCUT2D eigenvalue weighted by Gasteiger charge is 2.49. The van der Waals surface area contributed by atoms with Crippen molar-refractivity contribution >= 4 is 34.4 Å². The maximum atomic E-state index is 12.4. The summed E-state index contributed by atoms with van der Waals surface area (Å²) >= 11 is 0. The number of aromatic nitrogens is 2. The van der Waals surface area contributed by atoms with Crippen LogP contribution in [-0.4, -0.2) is 69.3 Å². The second-order valence-corrected chi connectivity index (χ2v) is 8.76. The van der Waals surface area contributed by atoms with Crippen molar-refractivity contribution in [1.82, 2.24) is 20.2 Å². The van der Waals surface area contributed by atoms with Crippen LogP contribution in [0.2, 0.25) is 0 Å². The molecule has 14 nitrogen and oxygen atoms in total. The van der Waals surface area contributed by atoms with Crippen LogP contribution in [0.1, 0.15) is 52.5 Å².